The Balaban J connectivity index is 3.47. The molecule has 0 N–H and O–H groups in total. The standard InChI is InChI=1S/C9H16ClN3O4S2/c1-6(2)5-13-8(7(3)18(4,14)15)11-12-9(13)19(10,16)17/h6-7H,5H2,1-4H3. The monoisotopic (exact) mass is 329 g/mol. The van der Waals surface area contributed by atoms with E-state index in [1.165, 1.54) is 11.5 Å². The van der Waals surface area contributed by atoms with Crippen LogP contribution in [0.1, 0.15) is 31.8 Å². The average Bonchev–Trinajstić information content (AvgIpc) is 2.57. The Hall–Kier alpha value is -0.670. The highest BCUT2D eigenvalue weighted by molar-refractivity contribution is 8.13. The van der Waals surface area contributed by atoms with Crippen LogP contribution in [0.5, 0.6) is 0 Å². The molecule has 10 heteroatoms. The third-order valence-electron chi connectivity index (χ3n) is 2.52. The van der Waals surface area contributed by atoms with Gasteiger partial charge in [0.2, 0.25) is 0 Å². The van der Waals surface area contributed by atoms with Gasteiger partial charge >= 0.3 is 0 Å². The third kappa shape index (κ3) is 3.90. The van der Waals surface area contributed by atoms with Crippen LogP contribution in [0, 0.1) is 5.92 Å². The molecule has 0 bridgehead atoms. The molecule has 0 aliphatic carbocycles. The second-order valence-corrected chi connectivity index (χ2v) is 9.58. The third-order valence-corrected chi connectivity index (χ3v) is 5.16. The van der Waals surface area contributed by atoms with Gasteiger partial charge in [-0.1, -0.05) is 13.8 Å². The molecule has 0 fully saturated rings. The van der Waals surface area contributed by atoms with Crippen molar-refractivity contribution in [3.63, 3.8) is 0 Å². The first-order valence-electron chi connectivity index (χ1n) is 5.51. The fourth-order valence-electron chi connectivity index (χ4n) is 1.51. The maximum Gasteiger partial charge on any atom is 0.296 e. The minimum absolute atomic E-state index is 0.0791. The summed E-state index contributed by atoms with van der Waals surface area (Å²) in [6.45, 7) is 5.42. The zero-order valence-electron chi connectivity index (χ0n) is 11.0. The number of rotatable bonds is 5. The average molecular weight is 330 g/mol. The van der Waals surface area contributed by atoms with Gasteiger partial charge in [0, 0.05) is 23.5 Å². The Morgan fingerprint density at radius 1 is 1.16 bits per heavy atom. The number of hydrogen-bond donors (Lipinski definition) is 0. The maximum absolute atomic E-state index is 11.6. The highest BCUT2D eigenvalue weighted by Gasteiger charge is 2.29. The SMILES string of the molecule is CC(C)Cn1c(C(C)S(C)(=O)=O)nnc1S(=O)(=O)Cl. The van der Waals surface area contributed by atoms with Crippen molar-refractivity contribution in [2.75, 3.05) is 6.26 Å². The Kier molecular flexibility index (Phi) is 4.63. The summed E-state index contributed by atoms with van der Waals surface area (Å²) in [7, 11) is -2.20. The Bertz CT molecular complexity index is 664. The van der Waals surface area contributed by atoms with E-state index in [9.17, 15) is 16.8 Å². The highest BCUT2D eigenvalue weighted by Crippen LogP contribution is 2.24. The van der Waals surface area contributed by atoms with Crippen LogP contribution < -0.4 is 0 Å². The highest BCUT2D eigenvalue weighted by atomic mass is 35.7. The van der Waals surface area contributed by atoms with Crippen LogP contribution in [-0.2, 0) is 25.4 Å². The van der Waals surface area contributed by atoms with E-state index in [1.807, 2.05) is 13.8 Å². The van der Waals surface area contributed by atoms with E-state index in [2.05, 4.69) is 10.2 Å². The van der Waals surface area contributed by atoms with E-state index in [-0.39, 0.29) is 18.3 Å². The Labute approximate surface area is 117 Å². The van der Waals surface area contributed by atoms with E-state index in [4.69, 9.17) is 10.7 Å². The fourth-order valence-corrected chi connectivity index (χ4v) is 2.98. The molecule has 1 aromatic rings. The summed E-state index contributed by atoms with van der Waals surface area (Å²) in [5.74, 6) is 0.161. The lowest BCUT2D eigenvalue weighted by molar-refractivity contribution is 0.469. The smallest absolute Gasteiger partial charge is 0.296 e. The normalized spacial score (nSPS) is 14.8. The molecule has 1 heterocycles. The number of aromatic nitrogens is 3. The van der Waals surface area contributed by atoms with E-state index >= 15 is 0 Å². The first-order chi connectivity index (χ1) is 8.44. The van der Waals surface area contributed by atoms with Gasteiger partial charge in [0.25, 0.3) is 14.2 Å². The summed E-state index contributed by atoms with van der Waals surface area (Å²) in [6, 6.07) is 0. The summed E-state index contributed by atoms with van der Waals surface area (Å²) in [5, 5.41) is 5.80. The molecule has 1 aromatic heterocycles. The molecule has 1 atom stereocenters. The molecule has 1 rings (SSSR count). The van der Waals surface area contributed by atoms with Crippen LogP contribution in [-0.4, -0.2) is 37.9 Å². The number of halogens is 1. The van der Waals surface area contributed by atoms with Gasteiger partial charge in [-0.25, -0.2) is 16.8 Å². The molecular weight excluding hydrogens is 314 g/mol. The van der Waals surface area contributed by atoms with Gasteiger partial charge in [-0.2, -0.15) is 0 Å². The van der Waals surface area contributed by atoms with E-state index in [0.29, 0.717) is 0 Å². The second-order valence-electron chi connectivity index (χ2n) is 4.75. The summed E-state index contributed by atoms with van der Waals surface area (Å²) in [5.41, 5.74) is 0. The summed E-state index contributed by atoms with van der Waals surface area (Å²) in [6.07, 6.45) is 1.06. The van der Waals surface area contributed by atoms with Crippen LogP contribution in [0.3, 0.4) is 0 Å². The van der Waals surface area contributed by atoms with Crippen LogP contribution in [0.25, 0.3) is 0 Å². The summed E-state index contributed by atoms with van der Waals surface area (Å²) >= 11 is 0. The van der Waals surface area contributed by atoms with Crippen molar-refractivity contribution in [3.8, 4) is 0 Å². The molecular formula is C9H16ClN3O4S2. The van der Waals surface area contributed by atoms with Crippen molar-refractivity contribution in [1.82, 2.24) is 14.8 Å². The van der Waals surface area contributed by atoms with Crippen LogP contribution >= 0.6 is 10.7 Å². The number of hydrogen-bond acceptors (Lipinski definition) is 6. The van der Waals surface area contributed by atoms with E-state index in [0.717, 1.165) is 6.26 Å². The number of sulfone groups is 1. The van der Waals surface area contributed by atoms with Crippen molar-refractivity contribution in [1.29, 1.82) is 0 Å². The summed E-state index contributed by atoms with van der Waals surface area (Å²) < 4.78 is 47.2. The molecule has 0 spiro atoms. The van der Waals surface area contributed by atoms with Gasteiger partial charge in [0.1, 0.15) is 5.25 Å². The van der Waals surface area contributed by atoms with Gasteiger partial charge in [0.05, 0.1) is 0 Å². The van der Waals surface area contributed by atoms with Crippen molar-refractivity contribution < 1.29 is 16.8 Å². The molecule has 19 heavy (non-hydrogen) atoms. The zero-order chi connectivity index (χ0) is 15.0. The van der Waals surface area contributed by atoms with Crippen molar-refractivity contribution in [3.05, 3.63) is 5.82 Å². The van der Waals surface area contributed by atoms with Crippen molar-refractivity contribution in [2.45, 2.75) is 37.7 Å². The molecule has 0 aliphatic rings. The topological polar surface area (TPSA) is 99.0 Å². The minimum atomic E-state index is -4.07. The molecule has 7 nitrogen and oxygen atoms in total. The first-order valence-corrected chi connectivity index (χ1v) is 9.77. The molecule has 0 radical (unpaired) electrons. The van der Waals surface area contributed by atoms with Gasteiger partial charge in [-0.15, -0.1) is 10.2 Å². The quantitative estimate of drug-likeness (QED) is 0.746. The van der Waals surface area contributed by atoms with Gasteiger partial charge in [-0.05, 0) is 12.8 Å². The van der Waals surface area contributed by atoms with Crippen molar-refractivity contribution >= 4 is 29.6 Å². The molecule has 1 unspecified atom stereocenters. The van der Waals surface area contributed by atoms with Crippen LogP contribution in [0.4, 0.5) is 0 Å². The first kappa shape index (κ1) is 16.4. The van der Waals surface area contributed by atoms with Crippen LogP contribution in [0.2, 0.25) is 0 Å². The largest absolute Gasteiger partial charge is 0.299 e. The predicted molar refractivity (Wildman–Crippen MR) is 71.2 cm³/mol. The second kappa shape index (κ2) is 5.37. The molecule has 0 aromatic carbocycles. The zero-order valence-corrected chi connectivity index (χ0v) is 13.4. The number of nitrogens with zero attached hydrogens (tertiary/aromatic N) is 3. The maximum atomic E-state index is 11.6. The van der Waals surface area contributed by atoms with Crippen molar-refractivity contribution in [2.24, 2.45) is 5.92 Å². The lowest BCUT2D eigenvalue weighted by atomic mass is 10.2. The predicted octanol–water partition coefficient (Wildman–Crippen LogP) is 0.967. The van der Waals surface area contributed by atoms with Gasteiger partial charge in [-0.3, -0.25) is 4.57 Å². The molecule has 0 saturated heterocycles. The van der Waals surface area contributed by atoms with Gasteiger partial charge in [0.15, 0.2) is 15.7 Å². The molecule has 0 amide bonds. The lowest BCUT2D eigenvalue weighted by Crippen LogP contribution is -2.18. The lowest BCUT2D eigenvalue weighted by Gasteiger charge is -2.14. The molecule has 110 valence electrons. The summed E-state index contributed by atoms with van der Waals surface area (Å²) in [4.78, 5) is 0. The molecule has 0 saturated carbocycles. The minimum Gasteiger partial charge on any atom is -0.299 e. The van der Waals surface area contributed by atoms with E-state index in [1.54, 1.807) is 0 Å². The fraction of sp³-hybridized carbons (Fsp3) is 0.778. The molecule has 0 aliphatic heterocycles. The Morgan fingerprint density at radius 2 is 1.68 bits per heavy atom. The van der Waals surface area contributed by atoms with Crippen LogP contribution in [0.15, 0.2) is 5.16 Å². The van der Waals surface area contributed by atoms with Gasteiger partial charge < -0.3 is 0 Å². The Morgan fingerprint density at radius 3 is 2.05 bits per heavy atom. The van der Waals surface area contributed by atoms with E-state index < -0.39 is 29.3 Å².